The van der Waals surface area contributed by atoms with E-state index in [9.17, 15) is 4.79 Å². The maximum absolute atomic E-state index is 12.0. The maximum Gasteiger partial charge on any atom is 0.225 e. The van der Waals surface area contributed by atoms with E-state index in [1.54, 1.807) is 0 Å². The van der Waals surface area contributed by atoms with Crippen LogP contribution in [0.2, 0.25) is 5.02 Å². The lowest BCUT2D eigenvalue weighted by Gasteiger charge is -2.33. The largest absolute Gasteiger partial charge is 0.460 e. The van der Waals surface area contributed by atoms with Crippen molar-refractivity contribution in [3.8, 4) is 11.3 Å². The fourth-order valence-electron chi connectivity index (χ4n) is 3.19. The first kappa shape index (κ1) is 18.0. The van der Waals surface area contributed by atoms with E-state index in [0.29, 0.717) is 17.6 Å². The molecule has 0 spiro atoms. The van der Waals surface area contributed by atoms with E-state index in [4.69, 9.17) is 16.0 Å². The van der Waals surface area contributed by atoms with Gasteiger partial charge in [0.25, 0.3) is 0 Å². The summed E-state index contributed by atoms with van der Waals surface area (Å²) in [7, 11) is 0. The third-order valence-corrected chi connectivity index (χ3v) is 5.00. The molecule has 0 saturated carbocycles. The molecule has 1 aromatic heterocycles. The molecule has 1 aliphatic heterocycles. The summed E-state index contributed by atoms with van der Waals surface area (Å²) in [6.07, 6.45) is 1.97. The number of likely N-dealkylation sites (tertiary alicyclic amines) is 1. The van der Waals surface area contributed by atoms with Crippen LogP contribution in [0.1, 0.15) is 32.4 Å². The van der Waals surface area contributed by atoms with E-state index in [1.165, 1.54) is 0 Å². The molecule has 1 fully saturated rings. The Kier molecular flexibility index (Phi) is 5.82. The molecule has 3 rings (SSSR count). The number of piperidine rings is 1. The lowest BCUT2D eigenvalue weighted by molar-refractivity contribution is -0.135. The van der Waals surface area contributed by atoms with Gasteiger partial charge in [-0.1, -0.05) is 37.6 Å². The molecule has 0 radical (unpaired) electrons. The van der Waals surface area contributed by atoms with E-state index in [1.807, 2.05) is 55.1 Å². The summed E-state index contributed by atoms with van der Waals surface area (Å²) in [4.78, 5) is 14.0. The Balaban J connectivity index is 1.51. The van der Waals surface area contributed by atoms with Crippen molar-refractivity contribution in [1.29, 1.82) is 0 Å². The zero-order chi connectivity index (χ0) is 17.8. The number of nitrogens with one attached hydrogen (secondary N) is 1. The molecule has 2 heterocycles. The predicted molar refractivity (Wildman–Crippen MR) is 100 cm³/mol. The smallest absolute Gasteiger partial charge is 0.225 e. The van der Waals surface area contributed by atoms with E-state index in [-0.39, 0.29) is 11.8 Å². The van der Waals surface area contributed by atoms with Crippen LogP contribution >= 0.6 is 11.6 Å². The summed E-state index contributed by atoms with van der Waals surface area (Å²) >= 11 is 6.22. The summed E-state index contributed by atoms with van der Waals surface area (Å²) in [5.74, 6) is 2.03. The lowest BCUT2D eigenvalue weighted by atomic mass is 10.0. The minimum Gasteiger partial charge on any atom is -0.460 e. The van der Waals surface area contributed by atoms with Crippen LogP contribution in [0.5, 0.6) is 0 Å². The summed E-state index contributed by atoms with van der Waals surface area (Å²) in [5, 5.41) is 4.23. The molecular formula is C20H25ClN2O2. The van der Waals surface area contributed by atoms with Gasteiger partial charge in [0.2, 0.25) is 5.91 Å². The monoisotopic (exact) mass is 360 g/mol. The third-order valence-electron chi connectivity index (χ3n) is 4.67. The van der Waals surface area contributed by atoms with Crippen molar-refractivity contribution < 1.29 is 9.21 Å². The minimum absolute atomic E-state index is 0.0795. The standard InChI is InChI=1S/C20H25ClN2O2/c1-14(2)20(24)23-11-9-15(10-12-23)22-13-16-7-8-19(25-16)17-5-3-4-6-18(17)21/h3-8,14-15,22H,9-13H2,1-2H3. The zero-order valence-corrected chi connectivity index (χ0v) is 15.6. The highest BCUT2D eigenvalue weighted by molar-refractivity contribution is 6.33. The molecule has 1 amide bonds. The minimum atomic E-state index is 0.0795. The van der Waals surface area contributed by atoms with Gasteiger partial charge in [0.15, 0.2) is 0 Å². The number of furan rings is 1. The van der Waals surface area contributed by atoms with Gasteiger partial charge in [-0.15, -0.1) is 0 Å². The molecule has 1 N–H and O–H groups in total. The summed E-state index contributed by atoms with van der Waals surface area (Å²) < 4.78 is 5.92. The summed E-state index contributed by atoms with van der Waals surface area (Å²) in [5.41, 5.74) is 0.913. The summed E-state index contributed by atoms with van der Waals surface area (Å²) in [6, 6.07) is 12.1. The summed E-state index contributed by atoms with van der Waals surface area (Å²) in [6.45, 7) is 6.27. The molecule has 25 heavy (non-hydrogen) atoms. The highest BCUT2D eigenvalue weighted by Gasteiger charge is 2.24. The van der Waals surface area contributed by atoms with Crippen LogP contribution in [-0.4, -0.2) is 29.9 Å². The van der Waals surface area contributed by atoms with Crippen LogP contribution in [0.15, 0.2) is 40.8 Å². The average Bonchev–Trinajstić information content (AvgIpc) is 3.09. The van der Waals surface area contributed by atoms with Crippen LogP contribution in [0.3, 0.4) is 0 Å². The molecule has 1 saturated heterocycles. The Hall–Kier alpha value is -1.78. The average molecular weight is 361 g/mol. The first-order chi connectivity index (χ1) is 12.0. The van der Waals surface area contributed by atoms with Gasteiger partial charge < -0.3 is 14.6 Å². The number of hydrogen-bond donors (Lipinski definition) is 1. The van der Waals surface area contributed by atoms with Crippen molar-refractivity contribution in [2.24, 2.45) is 5.92 Å². The number of benzene rings is 1. The van der Waals surface area contributed by atoms with Crippen molar-refractivity contribution in [1.82, 2.24) is 10.2 Å². The number of carbonyl (C=O) groups excluding carboxylic acids is 1. The highest BCUT2D eigenvalue weighted by atomic mass is 35.5. The van der Waals surface area contributed by atoms with Crippen molar-refractivity contribution in [3.05, 3.63) is 47.2 Å². The van der Waals surface area contributed by atoms with Crippen LogP contribution in [0.4, 0.5) is 0 Å². The fourth-order valence-corrected chi connectivity index (χ4v) is 3.42. The molecule has 1 aromatic carbocycles. The van der Waals surface area contributed by atoms with Crippen molar-refractivity contribution in [3.63, 3.8) is 0 Å². The molecule has 1 aliphatic rings. The number of rotatable bonds is 5. The van der Waals surface area contributed by atoms with Crippen molar-refractivity contribution >= 4 is 17.5 Å². The Morgan fingerprint density at radius 3 is 2.64 bits per heavy atom. The fraction of sp³-hybridized carbons (Fsp3) is 0.450. The van der Waals surface area contributed by atoms with Crippen LogP contribution in [-0.2, 0) is 11.3 Å². The second-order valence-electron chi connectivity index (χ2n) is 6.88. The maximum atomic E-state index is 12.0. The van der Waals surface area contributed by atoms with E-state index >= 15 is 0 Å². The van der Waals surface area contributed by atoms with Gasteiger partial charge in [0.1, 0.15) is 11.5 Å². The van der Waals surface area contributed by atoms with Gasteiger partial charge in [-0.2, -0.15) is 0 Å². The third kappa shape index (κ3) is 4.44. The van der Waals surface area contributed by atoms with Gasteiger partial charge >= 0.3 is 0 Å². The Labute approximate surface area is 154 Å². The first-order valence-electron chi connectivity index (χ1n) is 8.90. The predicted octanol–water partition coefficient (Wildman–Crippen LogP) is 4.34. The van der Waals surface area contributed by atoms with Gasteiger partial charge in [0, 0.05) is 30.6 Å². The van der Waals surface area contributed by atoms with Crippen molar-refractivity contribution in [2.75, 3.05) is 13.1 Å². The number of halogens is 1. The molecule has 0 aliphatic carbocycles. The number of carbonyl (C=O) groups is 1. The highest BCUT2D eigenvalue weighted by Crippen LogP contribution is 2.29. The van der Waals surface area contributed by atoms with E-state index in [2.05, 4.69) is 5.32 Å². The molecule has 5 heteroatoms. The van der Waals surface area contributed by atoms with Crippen molar-refractivity contribution in [2.45, 2.75) is 39.3 Å². The quantitative estimate of drug-likeness (QED) is 0.862. The molecular weight excluding hydrogens is 336 g/mol. The second-order valence-corrected chi connectivity index (χ2v) is 7.29. The topological polar surface area (TPSA) is 45.5 Å². The van der Waals surface area contributed by atoms with Crippen LogP contribution in [0.25, 0.3) is 11.3 Å². The van der Waals surface area contributed by atoms with Gasteiger partial charge in [-0.3, -0.25) is 4.79 Å². The molecule has 0 atom stereocenters. The molecule has 2 aromatic rings. The molecule has 0 bridgehead atoms. The Bertz CT molecular complexity index is 718. The van der Waals surface area contributed by atoms with Gasteiger partial charge in [0.05, 0.1) is 11.6 Å². The van der Waals surface area contributed by atoms with E-state index in [0.717, 1.165) is 43.0 Å². The second kappa shape index (κ2) is 8.07. The normalized spacial score (nSPS) is 15.8. The Morgan fingerprint density at radius 2 is 1.96 bits per heavy atom. The number of nitrogens with zero attached hydrogens (tertiary/aromatic N) is 1. The molecule has 4 nitrogen and oxygen atoms in total. The van der Waals surface area contributed by atoms with Gasteiger partial charge in [-0.25, -0.2) is 0 Å². The number of amides is 1. The van der Waals surface area contributed by atoms with Crippen LogP contribution < -0.4 is 5.32 Å². The lowest BCUT2D eigenvalue weighted by Crippen LogP contribution is -2.45. The van der Waals surface area contributed by atoms with Crippen LogP contribution in [0, 0.1) is 5.92 Å². The SMILES string of the molecule is CC(C)C(=O)N1CCC(NCc2ccc(-c3ccccc3Cl)o2)CC1. The number of hydrogen-bond acceptors (Lipinski definition) is 3. The van der Waals surface area contributed by atoms with Gasteiger partial charge in [-0.05, 0) is 37.1 Å². The Morgan fingerprint density at radius 1 is 1.24 bits per heavy atom. The zero-order valence-electron chi connectivity index (χ0n) is 14.8. The van der Waals surface area contributed by atoms with E-state index < -0.39 is 0 Å². The molecule has 134 valence electrons. The molecule has 0 unspecified atom stereocenters. The first-order valence-corrected chi connectivity index (χ1v) is 9.28.